The summed E-state index contributed by atoms with van der Waals surface area (Å²) in [4.78, 5) is 0.385. The molecule has 2 aromatic rings. The van der Waals surface area contributed by atoms with Crippen LogP contribution >= 0.6 is 0 Å². The van der Waals surface area contributed by atoms with Gasteiger partial charge in [0.25, 0.3) is 0 Å². The minimum Gasteiger partial charge on any atom is -0.353 e. The van der Waals surface area contributed by atoms with E-state index in [0.29, 0.717) is 24.0 Å². The van der Waals surface area contributed by atoms with Gasteiger partial charge in [0.1, 0.15) is 0 Å². The fourth-order valence-corrected chi connectivity index (χ4v) is 7.79. The van der Waals surface area contributed by atoms with Crippen LogP contribution < -0.4 is 4.72 Å². The zero-order valence-corrected chi connectivity index (χ0v) is 23.7. The smallest absolute Gasteiger partial charge is 0.240 e. The fraction of sp³-hybridized carbons (Fsp3) is 0.625. The molecule has 0 radical (unpaired) electrons. The summed E-state index contributed by atoms with van der Waals surface area (Å²) in [5, 5.41) is 0. The Morgan fingerprint density at radius 1 is 0.816 bits per heavy atom. The van der Waals surface area contributed by atoms with Crippen molar-refractivity contribution in [3.63, 3.8) is 0 Å². The largest absolute Gasteiger partial charge is 0.353 e. The first-order valence-electron chi connectivity index (χ1n) is 14.9. The first kappa shape index (κ1) is 27.8. The Labute approximate surface area is 229 Å². The SMILES string of the molecule is O=S(=O)(NCC1(Cc2ccc(CCOC3CCCCO3)cc2)CCCC1)c1ccc(C2CCCCC2)cc1. The third-order valence-electron chi connectivity index (χ3n) is 9.00. The lowest BCUT2D eigenvalue weighted by Gasteiger charge is -2.29. The maximum Gasteiger partial charge on any atom is 0.240 e. The van der Waals surface area contributed by atoms with Crippen LogP contribution in [0.2, 0.25) is 0 Å². The van der Waals surface area contributed by atoms with Gasteiger partial charge in [-0.2, -0.15) is 0 Å². The normalized spacial score (nSPS) is 22.5. The summed E-state index contributed by atoms with van der Waals surface area (Å²) in [7, 11) is -3.53. The molecule has 2 saturated carbocycles. The van der Waals surface area contributed by atoms with Gasteiger partial charge in [-0.3, -0.25) is 0 Å². The lowest BCUT2D eigenvalue weighted by molar-refractivity contribution is -0.161. The van der Waals surface area contributed by atoms with Crippen LogP contribution in [0, 0.1) is 5.41 Å². The molecule has 1 unspecified atom stereocenters. The van der Waals surface area contributed by atoms with Crippen LogP contribution in [0.5, 0.6) is 0 Å². The van der Waals surface area contributed by atoms with Crippen molar-refractivity contribution < 1.29 is 17.9 Å². The molecule has 5 rings (SSSR count). The minimum absolute atomic E-state index is 0.0158. The molecule has 1 atom stereocenters. The quantitative estimate of drug-likeness (QED) is 0.337. The molecule has 2 aromatic carbocycles. The lowest BCUT2D eigenvalue weighted by atomic mass is 9.80. The van der Waals surface area contributed by atoms with E-state index in [4.69, 9.17) is 9.47 Å². The Hall–Kier alpha value is -1.73. The second kappa shape index (κ2) is 13.1. The van der Waals surface area contributed by atoms with Gasteiger partial charge in [0, 0.05) is 13.2 Å². The van der Waals surface area contributed by atoms with E-state index in [0.717, 1.165) is 58.0 Å². The summed E-state index contributed by atoms with van der Waals surface area (Å²) in [6.45, 7) is 1.98. The monoisotopic (exact) mass is 539 g/mol. The van der Waals surface area contributed by atoms with E-state index >= 15 is 0 Å². The topological polar surface area (TPSA) is 64.6 Å². The predicted molar refractivity (Wildman–Crippen MR) is 152 cm³/mol. The van der Waals surface area contributed by atoms with Crippen molar-refractivity contribution in [2.75, 3.05) is 19.8 Å². The van der Waals surface area contributed by atoms with Crippen molar-refractivity contribution in [3.05, 3.63) is 65.2 Å². The maximum absolute atomic E-state index is 13.2. The summed E-state index contributed by atoms with van der Waals surface area (Å²) in [5.74, 6) is 0.583. The highest BCUT2D eigenvalue weighted by atomic mass is 32.2. The molecule has 2 aliphatic carbocycles. The van der Waals surface area contributed by atoms with Gasteiger partial charge in [-0.05, 0) is 97.9 Å². The molecule has 208 valence electrons. The van der Waals surface area contributed by atoms with E-state index in [1.165, 1.54) is 55.2 Å². The molecule has 1 N–H and O–H groups in total. The van der Waals surface area contributed by atoms with Crippen molar-refractivity contribution in [1.82, 2.24) is 4.72 Å². The molecule has 0 aromatic heterocycles. The van der Waals surface area contributed by atoms with Crippen LogP contribution in [0.4, 0.5) is 0 Å². The molecule has 0 amide bonds. The molecule has 3 aliphatic rings. The van der Waals surface area contributed by atoms with Crippen molar-refractivity contribution >= 4 is 10.0 Å². The fourth-order valence-electron chi connectivity index (χ4n) is 6.64. The number of sulfonamides is 1. The van der Waals surface area contributed by atoms with E-state index in [-0.39, 0.29) is 11.7 Å². The Kier molecular flexibility index (Phi) is 9.58. The number of hydrogen-bond donors (Lipinski definition) is 1. The highest BCUT2D eigenvalue weighted by Gasteiger charge is 2.35. The first-order valence-corrected chi connectivity index (χ1v) is 16.4. The van der Waals surface area contributed by atoms with Crippen molar-refractivity contribution in [2.24, 2.45) is 5.41 Å². The average Bonchev–Trinajstić information content (AvgIpc) is 3.43. The molecule has 5 nitrogen and oxygen atoms in total. The Morgan fingerprint density at radius 2 is 1.50 bits per heavy atom. The summed E-state index contributed by atoms with van der Waals surface area (Å²) in [6.07, 6.45) is 15.8. The first-order chi connectivity index (χ1) is 18.5. The molecule has 0 bridgehead atoms. The molecule has 0 spiro atoms. The van der Waals surface area contributed by atoms with Crippen LogP contribution in [0.3, 0.4) is 0 Å². The van der Waals surface area contributed by atoms with Crippen molar-refractivity contribution in [2.45, 2.75) is 107 Å². The molecular formula is C32H45NO4S. The molecule has 3 fully saturated rings. The van der Waals surface area contributed by atoms with Crippen LogP contribution in [-0.2, 0) is 32.3 Å². The van der Waals surface area contributed by atoms with E-state index < -0.39 is 10.0 Å². The number of benzene rings is 2. The third kappa shape index (κ3) is 7.47. The zero-order valence-electron chi connectivity index (χ0n) is 22.8. The van der Waals surface area contributed by atoms with Gasteiger partial charge in [0.15, 0.2) is 6.29 Å². The van der Waals surface area contributed by atoms with Gasteiger partial charge < -0.3 is 9.47 Å². The van der Waals surface area contributed by atoms with E-state index in [1.807, 2.05) is 12.1 Å². The summed E-state index contributed by atoms with van der Waals surface area (Å²) in [5.41, 5.74) is 3.82. The van der Waals surface area contributed by atoms with Gasteiger partial charge in [0.2, 0.25) is 10.0 Å². The summed E-state index contributed by atoms with van der Waals surface area (Å²) < 4.78 is 40.9. The molecule has 1 heterocycles. The van der Waals surface area contributed by atoms with Gasteiger partial charge in [-0.25, -0.2) is 13.1 Å². The number of nitrogens with one attached hydrogen (secondary N) is 1. The van der Waals surface area contributed by atoms with Gasteiger partial charge in [-0.1, -0.05) is 68.5 Å². The number of ether oxygens (including phenoxy) is 2. The van der Waals surface area contributed by atoms with Crippen molar-refractivity contribution in [1.29, 1.82) is 0 Å². The summed E-state index contributed by atoms with van der Waals surface area (Å²) in [6, 6.07) is 16.5. The molecule has 1 aliphatic heterocycles. The standard InChI is InChI=1S/C32H45NO4S/c34-38(35,30-17-15-29(16-18-30)28-8-2-1-3-9-28)33-25-32(20-5-6-21-32)24-27-13-11-26(12-14-27)19-23-37-31-10-4-7-22-36-31/h11-18,28,31,33H,1-10,19-25H2. The Morgan fingerprint density at radius 3 is 2.18 bits per heavy atom. The van der Waals surface area contributed by atoms with Crippen LogP contribution in [-0.4, -0.2) is 34.5 Å². The maximum atomic E-state index is 13.2. The van der Waals surface area contributed by atoms with Gasteiger partial charge in [0.05, 0.1) is 11.5 Å². The molecular weight excluding hydrogens is 494 g/mol. The third-order valence-corrected chi connectivity index (χ3v) is 10.4. The highest BCUT2D eigenvalue weighted by Crippen LogP contribution is 2.41. The van der Waals surface area contributed by atoms with Crippen LogP contribution in [0.15, 0.2) is 53.4 Å². The van der Waals surface area contributed by atoms with E-state index in [9.17, 15) is 8.42 Å². The second-order valence-electron chi connectivity index (χ2n) is 11.8. The van der Waals surface area contributed by atoms with Crippen LogP contribution in [0.1, 0.15) is 99.7 Å². The second-order valence-corrected chi connectivity index (χ2v) is 13.6. The molecule has 38 heavy (non-hydrogen) atoms. The van der Waals surface area contributed by atoms with Gasteiger partial charge >= 0.3 is 0 Å². The molecule has 1 saturated heterocycles. The lowest BCUT2D eigenvalue weighted by Crippen LogP contribution is -2.37. The van der Waals surface area contributed by atoms with E-state index in [2.05, 4.69) is 29.0 Å². The van der Waals surface area contributed by atoms with E-state index in [1.54, 1.807) is 12.1 Å². The Bertz CT molecular complexity index is 1100. The van der Waals surface area contributed by atoms with Gasteiger partial charge in [-0.15, -0.1) is 0 Å². The highest BCUT2D eigenvalue weighted by molar-refractivity contribution is 7.89. The summed E-state index contributed by atoms with van der Waals surface area (Å²) >= 11 is 0. The average molecular weight is 540 g/mol. The predicted octanol–water partition coefficient (Wildman–Crippen LogP) is 6.90. The zero-order chi connectivity index (χ0) is 26.3. The van der Waals surface area contributed by atoms with Crippen LogP contribution in [0.25, 0.3) is 0 Å². The Balaban J connectivity index is 1.14. The van der Waals surface area contributed by atoms with Crippen molar-refractivity contribution in [3.8, 4) is 0 Å². The molecule has 6 heteroatoms. The number of hydrogen-bond acceptors (Lipinski definition) is 4. The number of rotatable bonds is 11. The minimum atomic E-state index is -3.53.